The van der Waals surface area contributed by atoms with Gasteiger partial charge in [0.25, 0.3) is 11.5 Å². The number of aromatic nitrogens is 2. The molecule has 4 fully saturated rings. The summed E-state index contributed by atoms with van der Waals surface area (Å²) in [6, 6.07) is 11.8. The number of nitrogens with zero attached hydrogens (tertiary/aromatic N) is 1. The van der Waals surface area contributed by atoms with Crippen LogP contribution in [0.25, 0.3) is 10.8 Å². The van der Waals surface area contributed by atoms with Gasteiger partial charge in [-0.2, -0.15) is 5.10 Å². The average Bonchev–Trinajstić information content (AvgIpc) is 3.39. The molecule has 0 radical (unpaired) electrons. The summed E-state index contributed by atoms with van der Waals surface area (Å²) < 4.78 is 21.3. The van der Waals surface area contributed by atoms with Gasteiger partial charge in [0.05, 0.1) is 28.9 Å². The molecule has 0 saturated heterocycles. The Morgan fingerprint density at radius 2 is 1.80 bits per heavy atom. The third-order valence-electron chi connectivity index (χ3n) is 12.9. The molecule has 8 atom stereocenters. The molecule has 8 heteroatoms. The quantitative estimate of drug-likeness (QED) is 0.245. The standard InChI is InChI=1S/C38H48FN3O4/c1-37-16-14-25(43)22-24(37)9-10-28-30-11-13-34(38(30,2)17-15-31(28)37)46-19-5-18-40-35(44)29-20-23(8-12-32(29)39)21-33-26-6-3-4-7-27(26)36(45)42-41-33/h3-4,6-8,12,20,24-25,28,30-31,34,43H,5,9-11,13-19,21-22H2,1-2H3,(H,40,44)(H,42,45)/t24-,25-,28-,30-,31-,34-,37-,38-/m0/s1. The van der Waals surface area contributed by atoms with Gasteiger partial charge < -0.3 is 15.2 Å². The van der Waals surface area contributed by atoms with Gasteiger partial charge in [-0.3, -0.25) is 9.59 Å². The van der Waals surface area contributed by atoms with E-state index in [2.05, 4.69) is 29.4 Å². The summed E-state index contributed by atoms with van der Waals surface area (Å²) in [5.74, 6) is 1.92. The molecular formula is C38H48FN3O4. The second-order valence-corrected chi connectivity index (χ2v) is 15.2. The number of halogens is 1. The van der Waals surface area contributed by atoms with Gasteiger partial charge in [0.1, 0.15) is 5.82 Å². The Labute approximate surface area is 270 Å². The van der Waals surface area contributed by atoms with Crippen LogP contribution in [0.1, 0.15) is 99.7 Å². The van der Waals surface area contributed by atoms with Crippen molar-refractivity contribution in [1.29, 1.82) is 0 Å². The van der Waals surface area contributed by atoms with Gasteiger partial charge >= 0.3 is 0 Å². The first-order chi connectivity index (χ1) is 22.2. The van der Waals surface area contributed by atoms with Crippen molar-refractivity contribution in [2.24, 2.45) is 34.5 Å². The van der Waals surface area contributed by atoms with E-state index < -0.39 is 11.7 Å². The third kappa shape index (κ3) is 5.59. The Bertz CT molecular complexity index is 1660. The van der Waals surface area contributed by atoms with E-state index in [0.29, 0.717) is 54.3 Å². The number of carbonyl (C=O) groups is 1. The van der Waals surface area contributed by atoms with Crippen molar-refractivity contribution in [2.75, 3.05) is 13.2 Å². The molecular weight excluding hydrogens is 581 g/mol. The normalized spacial score (nSPS) is 33.7. The molecule has 7 rings (SSSR count). The molecule has 246 valence electrons. The number of H-pyrrole nitrogens is 1. The molecule has 0 bridgehead atoms. The number of benzene rings is 2. The topological polar surface area (TPSA) is 104 Å². The van der Waals surface area contributed by atoms with Crippen LogP contribution < -0.4 is 10.9 Å². The van der Waals surface area contributed by atoms with Crippen molar-refractivity contribution in [3.63, 3.8) is 0 Å². The molecule has 0 spiro atoms. The molecule has 4 saturated carbocycles. The number of fused-ring (bicyclic) bond motifs is 6. The number of amides is 1. The highest BCUT2D eigenvalue weighted by Crippen LogP contribution is 2.66. The van der Waals surface area contributed by atoms with Crippen molar-refractivity contribution < 1.29 is 19.0 Å². The summed E-state index contributed by atoms with van der Waals surface area (Å²) in [6.45, 7) is 5.99. The summed E-state index contributed by atoms with van der Waals surface area (Å²) in [5.41, 5.74) is 1.74. The minimum absolute atomic E-state index is 0.00551. The van der Waals surface area contributed by atoms with Crippen LogP contribution in [0.2, 0.25) is 0 Å². The number of rotatable bonds is 8. The molecule has 4 aliphatic carbocycles. The number of carbonyl (C=O) groups excluding carboxylic acids is 1. The molecule has 3 aromatic rings. The average molecular weight is 630 g/mol. The Kier molecular flexibility index (Phi) is 8.55. The maximum atomic E-state index is 14.7. The molecule has 0 unspecified atom stereocenters. The molecule has 0 aliphatic heterocycles. The molecule has 1 amide bonds. The third-order valence-corrected chi connectivity index (χ3v) is 12.9. The van der Waals surface area contributed by atoms with E-state index in [-0.39, 0.29) is 28.7 Å². The summed E-state index contributed by atoms with van der Waals surface area (Å²) in [5, 5.41) is 21.3. The first kappa shape index (κ1) is 31.5. The van der Waals surface area contributed by atoms with E-state index in [9.17, 15) is 19.1 Å². The molecule has 4 aliphatic rings. The fourth-order valence-corrected chi connectivity index (χ4v) is 10.4. The first-order valence-electron chi connectivity index (χ1n) is 17.5. The van der Waals surface area contributed by atoms with Gasteiger partial charge in [0.2, 0.25) is 0 Å². The number of hydrogen-bond donors (Lipinski definition) is 3. The van der Waals surface area contributed by atoms with Crippen LogP contribution in [0.3, 0.4) is 0 Å². The van der Waals surface area contributed by atoms with Crippen molar-refractivity contribution in [1.82, 2.24) is 15.5 Å². The molecule has 2 aromatic carbocycles. The van der Waals surface area contributed by atoms with E-state index >= 15 is 0 Å². The van der Waals surface area contributed by atoms with Gasteiger partial charge in [-0.1, -0.05) is 38.1 Å². The number of ether oxygens (including phenoxy) is 1. The lowest BCUT2D eigenvalue weighted by atomic mass is 9.45. The van der Waals surface area contributed by atoms with Crippen LogP contribution in [0.4, 0.5) is 4.39 Å². The zero-order valence-electron chi connectivity index (χ0n) is 27.2. The minimum Gasteiger partial charge on any atom is -0.393 e. The highest BCUT2D eigenvalue weighted by atomic mass is 19.1. The van der Waals surface area contributed by atoms with E-state index in [1.165, 1.54) is 44.6 Å². The van der Waals surface area contributed by atoms with Gasteiger partial charge in [0.15, 0.2) is 0 Å². The van der Waals surface area contributed by atoms with Crippen LogP contribution in [-0.2, 0) is 11.2 Å². The molecule has 7 nitrogen and oxygen atoms in total. The van der Waals surface area contributed by atoms with Crippen LogP contribution in [0, 0.1) is 40.3 Å². The molecule has 3 N–H and O–H groups in total. The highest BCUT2D eigenvalue weighted by molar-refractivity contribution is 5.94. The van der Waals surface area contributed by atoms with Crippen LogP contribution in [0.5, 0.6) is 0 Å². The Morgan fingerprint density at radius 3 is 2.65 bits per heavy atom. The monoisotopic (exact) mass is 629 g/mol. The maximum Gasteiger partial charge on any atom is 0.272 e. The molecule has 1 aromatic heterocycles. The van der Waals surface area contributed by atoms with E-state index in [4.69, 9.17) is 4.74 Å². The predicted octanol–water partition coefficient (Wildman–Crippen LogP) is 6.56. The highest BCUT2D eigenvalue weighted by Gasteiger charge is 2.60. The fraction of sp³-hybridized carbons (Fsp3) is 0.605. The van der Waals surface area contributed by atoms with E-state index in [1.807, 2.05) is 12.1 Å². The van der Waals surface area contributed by atoms with Crippen molar-refractivity contribution in [3.8, 4) is 0 Å². The van der Waals surface area contributed by atoms with E-state index in [1.54, 1.807) is 24.3 Å². The molecule has 46 heavy (non-hydrogen) atoms. The molecule has 1 heterocycles. The summed E-state index contributed by atoms with van der Waals surface area (Å²) in [7, 11) is 0. The lowest BCUT2D eigenvalue weighted by molar-refractivity contribution is -0.141. The van der Waals surface area contributed by atoms with Crippen molar-refractivity contribution in [2.45, 2.75) is 96.7 Å². The largest absolute Gasteiger partial charge is 0.393 e. The Balaban J connectivity index is 0.918. The number of hydrogen-bond acceptors (Lipinski definition) is 5. The number of aromatic amines is 1. The zero-order valence-corrected chi connectivity index (χ0v) is 27.2. The second kappa shape index (κ2) is 12.5. The Hall–Kier alpha value is -3.10. The smallest absolute Gasteiger partial charge is 0.272 e. The van der Waals surface area contributed by atoms with Crippen molar-refractivity contribution >= 4 is 16.7 Å². The van der Waals surface area contributed by atoms with Gasteiger partial charge in [-0.25, -0.2) is 9.49 Å². The van der Waals surface area contributed by atoms with Gasteiger partial charge in [-0.05, 0) is 122 Å². The van der Waals surface area contributed by atoms with Crippen LogP contribution >= 0.6 is 0 Å². The first-order valence-corrected chi connectivity index (χ1v) is 17.5. The number of aliphatic hydroxyl groups is 1. The predicted molar refractivity (Wildman–Crippen MR) is 176 cm³/mol. The summed E-state index contributed by atoms with van der Waals surface area (Å²) in [4.78, 5) is 25.1. The number of nitrogens with one attached hydrogen (secondary N) is 2. The maximum absolute atomic E-state index is 14.7. The lowest BCUT2D eigenvalue weighted by Gasteiger charge is -2.60. The fourth-order valence-electron chi connectivity index (χ4n) is 10.4. The van der Waals surface area contributed by atoms with Gasteiger partial charge in [-0.15, -0.1) is 0 Å². The summed E-state index contributed by atoms with van der Waals surface area (Å²) >= 11 is 0. The van der Waals surface area contributed by atoms with E-state index in [0.717, 1.165) is 42.0 Å². The van der Waals surface area contributed by atoms with Crippen LogP contribution in [0.15, 0.2) is 47.3 Å². The van der Waals surface area contributed by atoms with Crippen molar-refractivity contribution in [3.05, 3.63) is 75.5 Å². The second-order valence-electron chi connectivity index (χ2n) is 15.2. The van der Waals surface area contributed by atoms with Gasteiger partial charge in [0, 0.05) is 25.0 Å². The SMILES string of the molecule is C[C@]12CC[C@H](O)C[C@@H]1CC[C@@H]1[C@@H]2CC[C@]2(C)[C@@H](OCCCNC(=O)c3cc(Cc4n[nH]c(=O)c5ccccc45)ccc3F)CC[C@@H]12. The zero-order chi connectivity index (χ0) is 32.1. The minimum atomic E-state index is -0.565. The summed E-state index contributed by atoms with van der Waals surface area (Å²) in [6.07, 6.45) is 11.7. The number of aliphatic hydroxyl groups excluding tert-OH is 1. The Morgan fingerprint density at radius 1 is 1.02 bits per heavy atom. The lowest BCUT2D eigenvalue weighted by Crippen LogP contribution is -2.54. The van der Waals surface area contributed by atoms with Crippen LogP contribution in [-0.4, -0.2) is 46.6 Å².